The monoisotopic (exact) mass is 326 g/mol. The first-order chi connectivity index (χ1) is 11.0. The summed E-state index contributed by atoms with van der Waals surface area (Å²) in [5.41, 5.74) is 3.03. The quantitative estimate of drug-likeness (QED) is 0.673. The summed E-state index contributed by atoms with van der Waals surface area (Å²) >= 11 is 1.57. The van der Waals surface area contributed by atoms with E-state index < -0.39 is 0 Å². The van der Waals surface area contributed by atoms with E-state index >= 15 is 0 Å². The standard InChI is InChI=1S/C18H15FN2OS/c1-10-11(2)23-17-15(10)18(22)21-8-7-13(16(21)20-17)9-12-3-5-14(19)6-4-12/h3-6,9H,7-8H2,1-2H3/b13-9+. The van der Waals surface area contributed by atoms with Gasteiger partial charge in [0.05, 0.1) is 5.39 Å². The second-order valence-electron chi connectivity index (χ2n) is 5.83. The van der Waals surface area contributed by atoms with Crippen LogP contribution in [0, 0.1) is 19.7 Å². The van der Waals surface area contributed by atoms with E-state index in [0.717, 1.165) is 44.0 Å². The maximum atomic E-state index is 13.0. The van der Waals surface area contributed by atoms with Crippen molar-refractivity contribution in [1.29, 1.82) is 0 Å². The fourth-order valence-corrected chi connectivity index (χ4v) is 4.04. The molecule has 2 aromatic heterocycles. The Morgan fingerprint density at radius 1 is 1.26 bits per heavy atom. The summed E-state index contributed by atoms with van der Waals surface area (Å²) in [6.07, 6.45) is 2.76. The van der Waals surface area contributed by atoms with E-state index in [-0.39, 0.29) is 11.4 Å². The minimum atomic E-state index is -0.250. The zero-order chi connectivity index (χ0) is 16.1. The lowest BCUT2D eigenvalue weighted by Crippen LogP contribution is -2.20. The Morgan fingerprint density at radius 3 is 2.74 bits per heavy atom. The van der Waals surface area contributed by atoms with Crippen molar-refractivity contribution in [2.24, 2.45) is 0 Å². The van der Waals surface area contributed by atoms with Gasteiger partial charge in [0.2, 0.25) is 0 Å². The van der Waals surface area contributed by atoms with Crippen molar-refractivity contribution in [3.63, 3.8) is 0 Å². The molecule has 0 amide bonds. The molecule has 1 aliphatic heterocycles. The molecule has 0 aliphatic carbocycles. The number of allylic oxidation sites excluding steroid dienone is 1. The van der Waals surface area contributed by atoms with Crippen LogP contribution in [0.15, 0.2) is 29.1 Å². The molecule has 0 N–H and O–H groups in total. The molecule has 0 bridgehead atoms. The van der Waals surface area contributed by atoms with Crippen LogP contribution in [-0.4, -0.2) is 9.55 Å². The average Bonchev–Trinajstić information content (AvgIpc) is 3.05. The van der Waals surface area contributed by atoms with Gasteiger partial charge in [0.1, 0.15) is 16.5 Å². The summed E-state index contributed by atoms with van der Waals surface area (Å²) < 4.78 is 14.8. The molecule has 3 nitrogen and oxygen atoms in total. The highest BCUT2D eigenvalue weighted by atomic mass is 32.1. The van der Waals surface area contributed by atoms with Crippen LogP contribution in [-0.2, 0) is 6.54 Å². The summed E-state index contributed by atoms with van der Waals surface area (Å²) in [4.78, 5) is 19.4. The number of hydrogen-bond donors (Lipinski definition) is 0. The highest BCUT2D eigenvalue weighted by Crippen LogP contribution is 2.31. The van der Waals surface area contributed by atoms with Gasteiger partial charge in [0, 0.05) is 11.4 Å². The van der Waals surface area contributed by atoms with Crippen molar-refractivity contribution in [2.45, 2.75) is 26.8 Å². The van der Waals surface area contributed by atoms with E-state index in [4.69, 9.17) is 4.98 Å². The predicted molar refractivity (Wildman–Crippen MR) is 92.2 cm³/mol. The second kappa shape index (κ2) is 5.13. The topological polar surface area (TPSA) is 34.9 Å². The Labute approximate surface area is 136 Å². The summed E-state index contributed by atoms with van der Waals surface area (Å²) in [5.74, 6) is 0.493. The number of thiophene rings is 1. The number of hydrogen-bond acceptors (Lipinski definition) is 3. The van der Waals surface area contributed by atoms with Gasteiger partial charge in [-0.25, -0.2) is 9.37 Å². The molecular weight excluding hydrogens is 311 g/mol. The summed E-state index contributed by atoms with van der Waals surface area (Å²) in [5, 5.41) is 0.749. The molecule has 0 saturated heterocycles. The van der Waals surface area contributed by atoms with Crippen molar-refractivity contribution >= 4 is 33.2 Å². The van der Waals surface area contributed by atoms with Crippen LogP contribution >= 0.6 is 11.3 Å². The van der Waals surface area contributed by atoms with Crippen LogP contribution in [0.25, 0.3) is 21.9 Å². The fraction of sp³-hybridized carbons (Fsp3) is 0.222. The smallest absolute Gasteiger partial charge is 0.262 e. The van der Waals surface area contributed by atoms with Crippen molar-refractivity contribution in [2.75, 3.05) is 0 Å². The van der Waals surface area contributed by atoms with E-state index in [0.29, 0.717) is 6.54 Å². The van der Waals surface area contributed by atoms with Crippen molar-refractivity contribution in [3.8, 4) is 0 Å². The number of aromatic nitrogens is 2. The maximum absolute atomic E-state index is 13.0. The van der Waals surface area contributed by atoms with Gasteiger partial charge in [0.15, 0.2) is 0 Å². The SMILES string of the molecule is Cc1sc2nc3n(c(=O)c2c1C)CC/C3=C\c1ccc(F)cc1. The highest BCUT2D eigenvalue weighted by Gasteiger charge is 2.23. The van der Waals surface area contributed by atoms with E-state index in [2.05, 4.69) is 0 Å². The van der Waals surface area contributed by atoms with E-state index in [1.807, 2.05) is 19.9 Å². The van der Waals surface area contributed by atoms with Gasteiger partial charge in [-0.15, -0.1) is 11.3 Å². The second-order valence-corrected chi connectivity index (χ2v) is 7.03. The van der Waals surface area contributed by atoms with Crippen LogP contribution < -0.4 is 5.56 Å². The first-order valence-corrected chi connectivity index (χ1v) is 8.33. The number of aryl methyl sites for hydroxylation is 2. The van der Waals surface area contributed by atoms with Gasteiger partial charge in [0.25, 0.3) is 5.56 Å². The largest absolute Gasteiger partial charge is 0.292 e. The van der Waals surface area contributed by atoms with Crippen molar-refractivity contribution in [1.82, 2.24) is 9.55 Å². The molecule has 5 heteroatoms. The molecule has 3 heterocycles. The van der Waals surface area contributed by atoms with Gasteiger partial charge < -0.3 is 0 Å². The minimum absolute atomic E-state index is 0.0503. The molecule has 0 atom stereocenters. The van der Waals surface area contributed by atoms with Crippen LogP contribution in [0.1, 0.15) is 28.2 Å². The van der Waals surface area contributed by atoms with Crippen molar-refractivity contribution < 1.29 is 4.39 Å². The van der Waals surface area contributed by atoms with Gasteiger partial charge in [-0.2, -0.15) is 0 Å². The normalized spacial score (nSPS) is 15.5. The summed E-state index contributed by atoms with van der Waals surface area (Å²) in [6.45, 7) is 4.65. The number of fused-ring (bicyclic) bond motifs is 2. The molecule has 0 spiro atoms. The Hall–Kier alpha value is -2.27. The van der Waals surface area contributed by atoms with E-state index in [1.54, 1.807) is 28.0 Å². The third kappa shape index (κ3) is 2.23. The van der Waals surface area contributed by atoms with Gasteiger partial charge in [-0.3, -0.25) is 9.36 Å². The Morgan fingerprint density at radius 2 is 2.00 bits per heavy atom. The Balaban J connectivity index is 1.90. The van der Waals surface area contributed by atoms with Crippen LogP contribution in [0.3, 0.4) is 0 Å². The van der Waals surface area contributed by atoms with Gasteiger partial charge in [-0.05, 0) is 55.2 Å². The molecule has 23 heavy (non-hydrogen) atoms. The molecule has 0 radical (unpaired) electrons. The first kappa shape index (κ1) is 14.3. The third-order valence-electron chi connectivity index (χ3n) is 4.39. The molecule has 0 unspecified atom stereocenters. The minimum Gasteiger partial charge on any atom is -0.292 e. The number of rotatable bonds is 1. The molecule has 0 fully saturated rings. The van der Waals surface area contributed by atoms with Crippen LogP contribution in [0.2, 0.25) is 0 Å². The number of halogens is 1. The molecule has 4 rings (SSSR count). The molecule has 3 aromatic rings. The first-order valence-electron chi connectivity index (χ1n) is 7.51. The zero-order valence-electron chi connectivity index (χ0n) is 12.9. The van der Waals surface area contributed by atoms with Crippen LogP contribution in [0.4, 0.5) is 4.39 Å². The third-order valence-corrected chi connectivity index (χ3v) is 5.49. The molecule has 1 aromatic carbocycles. The summed E-state index contributed by atoms with van der Waals surface area (Å²) in [7, 11) is 0. The lowest BCUT2D eigenvalue weighted by atomic mass is 10.1. The number of nitrogens with zero attached hydrogens (tertiary/aromatic N) is 2. The molecule has 116 valence electrons. The number of benzene rings is 1. The Bertz CT molecular complexity index is 1010. The van der Waals surface area contributed by atoms with Crippen LogP contribution in [0.5, 0.6) is 0 Å². The van der Waals surface area contributed by atoms with Crippen molar-refractivity contribution in [3.05, 3.63) is 62.3 Å². The molecular formula is C18H15FN2OS. The average molecular weight is 326 g/mol. The lowest BCUT2D eigenvalue weighted by molar-refractivity contribution is 0.628. The lowest BCUT2D eigenvalue weighted by Gasteiger charge is -2.03. The van der Waals surface area contributed by atoms with E-state index in [1.165, 1.54) is 12.1 Å². The predicted octanol–water partition coefficient (Wildman–Crippen LogP) is 4.16. The highest BCUT2D eigenvalue weighted by molar-refractivity contribution is 7.18. The van der Waals surface area contributed by atoms with Gasteiger partial charge in [-0.1, -0.05) is 12.1 Å². The van der Waals surface area contributed by atoms with Gasteiger partial charge >= 0.3 is 0 Å². The maximum Gasteiger partial charge on any atom is 0.262 e. The zero-order valence-corrected chi connectivity index (χ0v) is 13.7. The molecule has 1 aliphatic rings. The Kier molecular flexibility index (Phi) is 3.20. The van der Waals surface area contributed by atoms with E-state index in [9.17, 15) is 9.18 Å². The summed E-state index contributed by atoms with van der Waals surface area (Å²) in [6, 6.07) is 6.36. The fourth-order valence-electron chi connectivity index (χ4n) is 3.02. The molecule has 0 saturated carbocycles.